The van der Waals surface area contributed by atoms with Gasteiger partial charge in [-0.3, -0.25) is 9.59 Å². The molecule has 164 valence electrons. The fourth-order valence-corrected chi connectivity index (χ4v) is 2.86. The number of ether oxygens (including phenoxy) is 3. The summed E-state index contributed by atoms with van der Waals surface area (Å²) in [5, 5.41) is 14.2. The van der Waals surface area contributed by atoms with Crippen LogP contribution in [0.5, 0.6) is 17.2 Å². The fourth-order valence-electron chi connectivity index (χ4n) is 2.86. The molecule has 0 aromatic heterocycles. The van der Waals surface area contributed by atoms with Crippen LogP contribution < -0.4 is 24.8 Å². The number of hydrogen-bond acceptors (Lipinski definition) is 6. The van der Waals surface area contributed by atoms with Gasteiger partial charge in [-0.2, -0.15) is 5.26 Å². The van der Waals surface area contributed by atoms with E-state index in [4.69, 9.17) is 19.5 Å². The second-order valence-electron chi connectivity index (χ2n) is 6.32. The van der Waals surface area contributed by atoms with Crippen LogP contribution in [0.4, 0.5) is 5.69 Å². The largest absolute Gasteiger partial charge is 0.490 e. The molecule has 31 heavy (non-hydrogen) atoms. The first-order valence-electron chi connectivity index (χ1n) is 10.1. The average Bonchev–Trinajstić information content (AvgIpc) is 2.75. The van der Waals surface area contributed by atoms with Crippen LogP contribution in [0.15, 0.2) is 36.4 Å². The van der Waals surface area contributed by atoms with Crippen molar-refractivity contribution in [3.63, 3.8) is 0 Å². The van der Waals surface area contributed by atoms with Crippen LogP contribution in [0.3, 0.4) is 0 Å². The van der Waals surface area contributed by atoms with E-state index in [1.807, 2.05) is 26.8 Å². The molecule has 0 fully saturated rings. The van der Waals surface area contributed by atoms with Crippen molar-refractivity contribution < 1.29 is 23.8 Å². The Balaban J connectivity index is 2.22. The summed E-state index contributed by atoms with van der Waals surface area (Å²) in [4.78, 5) is 24.6. The average molecular weight is 425 g/mol. The molecule has 0 heterocycles. The van der Waals surface area contributed by atoms with Crippen LogP contribution in [0.1, 0.15) is 43.1 Å². The standard InChI is InChI=1S/C23H27N3O5/c1-4-29-19-13-17(14-20(30-5-2)22(19)31-6-3)23(28)25-15-16-9-7-8-10-18(16)26-21(27)11-12-24/h7-10,13-14H,4-6,11,15H2,1-3H3,(H,25,28)(H,26,27). The van der Waals surface area contributed by atoms with Gasteiger partial charge in [-0.1, -0.05) is 18.2 Å². The van der Waals surface area contributed by atoms with Gasteiger partial charge in [-0.25, -0.2) is 0 Å². The molecule has 8 nitrogen and oxygen atoms in total. The molecule has 0 atom stereocenters. The predicted octanol–water partition coefficient (Wildman–Crippen LogP) is 3.66. The Labute approximate surface area is 182 Å². The van der Waals surface area contributed by atoms with Gasteiger partial charge in [0.05, 0.1) is 25.9 Å². The number of hydrogen-bond donors (Lipinski definition) is 2. The first-order chi connectivity index (χ1) is 15.0. The zero-order chi connectivity index (χ0) is 22.6. The van der Waals surface area contributed by atoms with E-state index in [2.05, 4.69) is 10.6 Å². The molecule has 2 aromatic carbocycles. The van der Waals surface area contributed by atoms with Crippen LogP contribution in [0, 0.1) is 11.3 Å². The number of anilines is 1. The molecule has 0 saturated heterocycles. The predicted molar refractivity (Wildman–Crippen MR) is 116 cm³/mol. The van der Waals surface area contributed by atoms with Crippen LogP contribution >= 0.6 is 0 Å². The second kappa shape index (κ2) is 12.1. The number of para-hydroxylation sites is 1. The summed E-state index contributed by atoms with van der Waals surface area (Å²) in [6, 6.07) is 12.1. The van der Waals surface area contributed by atoms with Gasteiger partial charge >= 0.3 is 0 Å². The Morgan fingerprint density at radius 1 is 0.968 bits per heavy atom. The van der Waals surface area contributed by atoms with E-state index in [0.29, 0.717) is 53.9 Å². The van der Waals surface area contributed by atoms with Crippen LogP contribution in [0.2, 0.25) is 0 Å². The number of rotatable bonds is 11. The fraction of sp³-hybridized carbons (Fsp3) is 0.348. The zero-order valence-corrected chi connectivity index (χ0v) is 18.0. The summed E-state index contributed by atoms with van der Waals surface area (Å²) in [6.45, 7) is 6.99. The van der Waals surface area contributed by atoms with Gasteiger partial charge in [0, 0.05) is 17.8 Å². The molecule has 2 N–H and O–H groups in total. The number of nitrogens with zero attached hydrogens (tertiary/aromatic N) is 1. The highest BCUT2D eigenvalue weighted by atomic mass is 16.5. The van der Waals surface area contributed by atoms with Gasteiger partial charge in [0.15, 0.2) is 11.5 Å². The maximum Gasteiger partial charge on any atom is 0.251 e. The third-order valence-electron chi connectivity index (χ3n) is 4.14. The molecule has 0 spiro atoms. The maximum atomic E-state index is 12.8. The number of amides is 2. The van der Waals surface area contributed by atoms with Crippen molar-refractivity contribution in [2.24, 2.45) is 0 Å². The summed E-state index contributed by atoms with van der Waals surface area (Å²) in [5.74, 6) is 0.598. The summed E-state index contributed by atoms with van der Waals surface area (Å²) in [6.07, 6.45) is -0.243. The van der Waals surface area contributed by atoms with Gasteiger partial charge in [0.25, 0.3) is 5.91 Å². The molecule has 0 aliphatic carbocycles. The quantitative estimate of drug-likeness (QED) is 0.569. The number of carbonyl (C=O) groups is 2. The molecular formula is C23H27N3O5. The van der Waals surface area contributed by atoms with E-state index < -0.39 is 5.91 Å². The van der Waals surface area contributed by atoms with Crippen molar-refractivity contribution >= 4 is 17.5 Å². The highest BCUT2D eigenvalue weighted by Gasteiger charge is 2.18. The van der Waals surface area contributed by atoms with Crippen molar-refractivity contribution in [1.82, 2.24) is 5.32 Å². The van der Waals surface area contributed by atoms with E-state index in [0.717, 1.165) is 0 Å². The van der Waals surface area contributed by atoms with Crippen molar-refractivity contribution in [1.29, 1.82) is 5.26 Å². The lowest BCUT2D eigenvalue weighted by atomic mass is 10.1. The van der Waals surface area contributed by atoms with Crippen molar-refractivity contribution in [2.75, 3.05) is 25.1 Å². The lowest BCUT2D eigenvalue weighted by molar-refractivity contribution is -0.115. The summed E-state index contributed by atoms with van der Waals surface area (Å²) >= 11 is 0. The Bertz CT molecular complexity index is 925. The van der Waals surface area contributed by atoms with E-state index >= 15 is 0 Å². The molecule has 0 radical (unpaired) electrons. The number of nitriles is 1. The highest BCUT2D eigenvalue weighted by Crippen LogP contribution is 2.39. The van der Waals surface area contributed by atoms with E-state index in [9.17, 15) is 9.59 Å². The summed E-state index contributed by atoms with van der Waals surface area (Å²) < 4.78 is 17.0. The molecule has 0 bridgehead atoms. The molecular weight excluding hydrogens is 398 g/mol. The lowest BCUT2D eigenvalue weighted by Crippen LogP contribution is -2.24. The Morgan fingerprint density at radius 3 is 2.16 bits per heavy atom. The lowest BCUT2D eigenvalue weighted by Gasteiger charge is -2.17. The molecule has 2 amide bonds. The van der Waals surface area contributed by atoms with Gasteiger partial charge < -0.3 is 24.8 Å². The number of nitrogens with one attached hydrogen (secondary N) is 2. The van der Waals surface area contributed by atoms with Crippen molar-refractivity contribution in [2.45, 2.75) is 33.7 Å². The second-order valence-corrected chi connectivity index (χ2v) is 6.32. The smallest absolute Gasteiger partial charge is 0.251 e. The number of carbonyl (C=O) groups excluding carboxylic acids is 2. The SMILES string of the molecule is CCOc1cc(C(=O)NCc2ccccc2NC(=O)CC#N)cc(OCC)c1OCC. The van der Waals surface area contributed by atoms with E-state index in [1.165, 1.54) is 0 Å². The monoisotopic (exact) mass is 425 g/mol. The Kier molecular flexibility index (Phi) is 9.17. The zero-order valence-electron chi connectivity index (χ0n) is 18.0. The third kappa shape index (κ3) is 6.64. The first kappa shape index (κ1) is 23.5. The highest BCUT2D eigenvalue weighted by molar-refractivity contribution is 5.96. The van der Waals surface area contributed by atoms with Crippen molar-refractivity contribution in [3.05, 3.63) is 47.5 Å². The molecule has 0 aliphatic heterocycles. The van der Waals surface area contributed by atoms with E-state index in [-0.39, 0.29) is 18.9 Å². The van der Waals surface area contributed by atoms with Crippen LogP contribution in [-0.2, 0) is 11.3 Å². The number of benzene rings is 2. The first-order valence-corrected chi connectivity index (χ1v) is 10.1. The Hall–Kier alpha value is -3.73. The van der Waals surface area contributed by atoms with Gasteiger partial charge in [0.2, 0.25) is 11.7 Å². The molecule has 2 aromatic rings. The topological polar surface area (TPSA) is 110 Å². The maximum absolute atomic E-state index is 12.8. The van der Waals surface area contributed by atoms with Gasteiger partial charge in [0.1, 0.15) is 6.42 Å². The normalized spacial score (nSPS) is 10.0. The van der Waals surface area contributed by atoms with Crippen molar-refractivity contribution in [3.8, 4) is 23.3 Å². The summed E-state index contributed by atoms with van der Waals surface area (Å²) in [7, 11) is 0. The molecule has 0 unspecified atom stereocenters. The minimum absolute atomic E-state index is 0.184. The van der Waals surface area contributed by atoms with Gasteiger partial charge in [-0.15, -0.1) is 0 Å². The van der Waals surface area contributed by atoms with Gasteiger partial charge in [-0.05, 0) is 44.5 Å². The van der Waals surface area contributed by atoms with E-state index in [1.54, 1.807) is 36.4 Å². The third-order valence-corrected chi connectivity index (χ3v) is 4.14. The summed E-state index contributed by atoms with van der Waals surface area (Å²) in [5.41, 5.74) is 1.62. The molecule has 0 saturated carbocycles. The molecule has 2 rings (SSSR count). The Morgan fingerprint density at radius 2 is 1.58 bits per heavy atom. The molecule has 0 aliphatic rings. The minimum atomic E-state index is -0.407. The minimum Gasteiger partial charge on any atom is -0.490 e. The van der Waals surface area contributed by atoms with Crippen LogP contribution in [-0.4, -0.2) is 31.6 Å². The molecule has 8 heteroatoms. The van der Waals surface area contributed by atoms with Crippen LogP contribution in [0.25, 0.3) is 0 Å².